The number of carbonyl (C=O) groups excluding carboxylic acids is 3. The van der Waals surface area contributed by atoms with Crippen molar-refractivity contribution in [2.24, 2.45) is 5.92 Å². The Hall–Kier alpha value is -3.30. The molecule has 0 aromatic heterocycles. The van der Waals surface area contributed by atoms with Gasteiger partial charge in [-0.2, -0.15) is 13.2 Å². The van der Waals surface area contributed by atoms with Crippen LogP contribution in [0.1, 0.15) is 44.4 Å². The average Bonchev–Trinajstić information content (AvgIpc) is 3.14. The van der Waals surface area contributed by atoms with Gasteiger partial charge in [0.25, 0.3) is 5.91 Å². The molecule has 1 N–H and O–H groups in total. The van der Waals surface area contributed by atoms with Crippen LogP contribution in [0.5, 0.6) is 0 Å². The van der Waals surface area contributed by atoms with E-state index in [9.17, 15) is 27.6 Å². The van der Waals surface area contributed by atoms with E-state index in [4.69, 9.17) is 0 Å². The van der Waals surface area contributed by atoms with Crippen molar-refractivity contribution in [3.05, 3.63) is 59.3 Å². The van der Waals surface area contributed by atoms with Crippen LogP contribution < -0.4 is 5.32 Å². The van der Waals surface area contributed by atoms with Crippen molar-refractivity contribution in [1.82, 2.24) is 20.0 Å². The Labute approximate surface area is 203 Å². The van der Waals surface area contributed by atoms with Crippen molar-refractivity contribution < 1.29 is 27.6 Å². The van der Waals surface area contributed by atoms with Gasteiger partial charge in [0.2, 0.25) is 5.91 Å². The van der Waals surface area contributed by atoms with E-state index in [2.05, 4.69) is 11.9 Å². The zero-order valence-electron chi connectivity index (χ0n) is 20.4. The molecule has 2 aliphatic rings. The van der Waals surface area contributed by atoms with Crippen LogP contribution in [0.4, 0.5) is 18.0 Å². The van der Waals surface area contributed by atoms with Crippen LogP contribution in [0.25, 0.3) is 0 Å². The Balaban J connectivity index is 2.13. The summed E-state index contributed by atoms with van der Waals surface area (Å²) in [7, 11) is 1.64. The van der Waals surface area contributed by atoms with Gasteiger partial charge in [-0.25, -0.2) is 4.79 Å². The Kier molecular flexibility index (Phi) is 7.62. The first kappa shape index (κ1) is 26.3. The van der Waals surface area contributed by atoms with E-state index in [1.54, 1.807) is 7.05 Å². The summed E-state index contributed by atoms with van der Waals surface area (Å²) in [6.07, 6.45) is -2.83. The van der Waals surface area contributed by atoms with Gasteiger partial charge in [0.15, 0.2) is 0 Å². The Morgan fingerprint density at radius 2 is 1.94 bits per heavy atom. The second kappa shape index (κ2) is 10.1. The topological polar surface area (TPSA) is 73.0 Å². The summed E-state index contributed by atoms with van der Waals surface area (Å²) in [5.74, 6) is -0.735. The third kappa shape index (κ3) is 5.06. The van der Waals surface area contributed by atoms with E-state index in [1.807, 2.05) is 20.8 Å². The first-order chi connectivity index (χ1) is 16.4. The third-order valence-electron chi connectivity index (χ3n) is 6.35. The quantitative estimate of drug-likeness (QED) is 0.559. The van der Waals surface area contributed by atoms with Gasteiger partial charge in [0, 0.05) is 20.1 Å². The highest BCUT2D eigenvalue weighted by molar-refractivity contribution is 6.03. The molecule has 3 rings (SSSR count). The van der Waals surface area contributed by atoms with E-state index in [0.717, 1.165) is 6.07 Å². The molecule has 4 amide bonds. The minimum absolute atomic E-state index is 0.0452. The number of nitrogens with zero attached hydrogens (tertiary/aromatic N) is 3. The second-order valence-corrected chi connectivity index (χ2v) is 9.16. The number of nitrogens with one attached hydrogen (secondary N) is 1. The van der Waals surface area contributed by atoms with Gasteiger partial charge in [-0.1, -0.05) is 38.1 Å². The van der Waals surface area contributed by atoms with E-state index in [1.165, 1.54) is 39.0 Å². The summed E-state index contributed by atoms with van der Waals surface area (Å²) in [5.41, 5.74) is -0.807. The van der Waals surface area contributed by atoms with Crippen LogP contribution in [0.3, 0.4) is 0 Å². The van der Waals surface area contributed by atoms with Crippen molar-refractivity contribution in [3.8, 4) is 0 Å². The lowest BCUT2D eigenvalue weighted by Crippen LogP contribution is -2.49. The van der Waals surface area contributed by atoms with E-state index >= 15 is 0 Å². The number of carbonyl (C=O) groups is 3. The normalized spacial score (nSPS) is 19.1. The van der Waals surface area contributed by atoms with Crippen LogP contribution in [0.2, 0.25) is 0 Å². The maximum absolute atomic E-state index is 13.8. The predicted octanol–water partition coefficient (Wildman–Crippen LogP) is 3.95. The Morgan fingerprint density at radius 3 is 2.51 bits per heavy atom. The molecular formula is C25H31F3N4O3. The Morgan fingerprint density at radius 1 is 1.29 bits per heavy atom. The molecule has 2 atom stereocenters. The number of hydrogen-bond donors (Lipinski definition) is 1. The summed E-state index contributed by atoms with van der Waals surface area (Å²) >= 11 is 0. The molecule has 0 spiro atoms. The van der Waals surface area contributed by atoms with Crippen LogP contribution >= 0.6 is 0 Å². The Bertz CT molecular complexity index is 1050. The summed E-state index contributed by atoms with van der Waals surface area (Å²) in [6, 6.07) is 2.15. The molecule has 0 saturated heterocycles. The fourth-order valence-corrected chi connectivity index (χ4v) is 4.55. The molecule has 7 nitrogen and oxygen atoms in total. The number of hydrogen-bond acceptors (Lipinski definition) is 3. The first-order valence-corrected chi connectivity index (χ1v) is 11.6. The highest BCUT2D eigenvalue weighted by Crippen LogP contribution is 2.42. The summed E-state index contributed by atoms with van der Waals surface area (Å²) in [4.78, 5) is 44.2. The van der Waals surface area contributed by atoms with Crippen LogP contribution in [0.15, 0.2) is 48.2 Å². The molecule has 35 heavy (non-hydrogen) atoms. The third-order valence-corrected chi connectivity index (χ3v) is 6.35. The molecule has 2 heterocycles. The molecule has 190 valence electrons. The largest absolute Gasteiger partial charge is 0.416 e. The number of alkyl halides is 3. The monoisotopic (exact) mass is 492 g/mol. The highest BCUT2D eigenvalue weighted by Gasteiger charge is 2.49. The minimum atomic E-state index is -4.68. The van der Waals surface area contributed by atoms with Crippen LogP contribution in [0, 0.1) is 5.92 Å². The fraction of sp³-hybridized carbons (Fsp3) is 0.480. The zero-order valence-corrected chi connectivity index (χ0v) is 20.4. The van der Waals surface area contributed by atoms with Gasteiger partial charge < -0.3 is 15.1 Å². The summed E-state index contributed by atoms with van der Waals surface area (Å²) in [5, 5.41) is 2.58. The highest BCUT2D eigenvalue weighted by atomic mass is 19.4. The molecule has 0 radical (unpaired) electrons. The number of urea groups is 1. The van der Waals surface area contributed by atoms with Gasteiger partial charge in [-0.15, -0.1) is 6.58 Å². The van der Waals surface area contributed by atoms with Crippen molar-refractivity contribution in [1.29, 1.82) is 0 Å². The molecule has 0 unspecified atom stereocenters. The van der Waals surface area contributed by atoms with Crippen molar-refractivity contribution in [2.75, 3.05) is 26.7 Å². The van der Waals surface area contributed by atoms with Gasteiger partial charge in [0.1, 0.15) is 6.04 Å². The molecule has 1 aromatic carbocycles. The fourth-order valence-electron chi connectivity index (χ4n) is 4.55. The maximum Gasteiger partial charge on any atom is 0.416 e. The predicted molar refractivity (Wildman–Crippen MR) is 125 cm³/mol. The zero-order chi connectivity index (χ0) is 26.1. The lowest BCUT2D eigenvalue weighted by Gasteiger charge is -2.33. The summed E-state index contributed by atoms with van der Waals surface area (Å²) < 4.78 is 41.5. The average molecular weight is 493 g/mol. The number of likely N-dealkylation sites (N-methyl/N-ethyl adjacent to an activating group) is 1. The first-order valence-electron chi connectivity index (χ1n) is 11.6. The molecule has 10 heteroatoms. The van der Waals surface area contributed by atoms with Crippen LogP contribution in [-0.2, 0) is 15.8 Å². The maximum atomic E-state index is 13.8. The van der Waals surface area contributed by atoms with E-state index < -0.39 is 35.8 Å². The smallest absolute Gasteiger partial charge is 0.344 e. The molecule has 1 aromatic rings. The van der Waals surface area contributed by atoms with E-state index in [0.29, 0.717) is 18.7 Å². The second-order valence-electron chi connectivity index (χ2n) is 9.16. The van der Waals surface area contributed by atoms with Gasteiger partial charge in [-0.05, 0) is 30.9 Å². The van der Waals surface area contributed by atoms with Crippen LogP contribution in [-0.4, -0.2) is 65.3 Å². The number of benzene rings is 1. The van der Waals surface area contributed by atoms with Crippen molar-refractivity contribution in [3.63, 3.8) is 0 Å². The SMILES string of the molecule is C=CCN1C(=O)N[C@@H](c2ccccc2C(F)(F)F)C2=C1CN([C@@H](CC(C)C)C(=O)N(C)CC)C2=O. The number of rotatable bonds is 8. The van der Waals surface area contributed by atoms with Gasteiger partial charge in [-0.3, -0.25) is 14.5 Å². The van der Waals surface area contributed by atoms with E-state index in [-0.39, 0.29) is 36.1 Å². The molecule has 2 aliphatic heterocycles. The minimum Gasteiger partial charge on any atom is -0.344 e. The summed E-state index contributed by atoms with van der Waals surface area (Å²) in [6.45, 7) is 9.77. The van der Waals surface area contributed by atoms with Crippen molar-refractivity contribution >= 4 is 17.8 Å². The van der Waals surface area contributed by atoms with Crippen molar-refractivity contribution in [2.45, 2.75) is 45.5 Å². The lowest BCUT2D eigenvalue weighted by molar-refractivity contribution is -0.142. The molecule has 0 saturated carbocycles. The molecule has 0 bridgehead atoms. The molecular weight excluding hydrogens is 461 g/mol. The van der Waals surface area contributed by atoms with Gasteiger partial charge in [0.05, 0.1) is 29.4 Å². The number of halogens is 3. The number of amides is 4. The lowest BCUT2D eigenvalue weighted by atomic mass is 9.91. The van der Waals surface area contributed by atoms with Gasteiger partial charge >= 0.3 is 12.2 Å². The molecule has 0 aliphatic carbocycles. The standard InChI is InChI=1S/C25H31F3N4O3/c1-6-12-31-19-14-32(18(13-15(3)4)22(33)30(5)7-2)23(34)20(19)21(29-24(31)35)16-10-8-9-11-17(16)25(26,27)28/h6,8-11,15,18,21H,1,7,12-14H2,2-5H3,(H,29,35)/t18-,21-/m0/s1. The molecule has 0 fully saturated rings.